The molecule has 1 amide bonds. The van der Waals surface area contributed by atoms with E-state index >= 15 is 0 Å². The zero-order valence-electron chi connectivity index (χ0n) is 31.8. The van der Waals surface area contributed by atoms with Gasteiger partial charge in [0.25, 0.3) is 0 Å². The first-order valence-corrected chi connectivity index (χ1v) is 21.0. The summed E-state index contributed by atoms with van der Waals surface area (Å²) in [6.45, 7) is 5.14. The van der Waals surface area contributed by atoms with Crippen LogP contribution in [0.3, 0.4) is 0 Å². The molecule has 0 bridgehead atoms. The maximum atomic E-state index is 13.7. The summed E-state index contributed by atoms with van der Waals surface area (Å²) in [5.74, 6) is -0.414. The van der Waals surface area contributed by atoms with Crippen molar-refractivity contribution in [3.05, 3.63) is 161 Å². The van der Waals surface area contributed by atoms with Gasteiger partial charge in [-0.1, -0.05) is 115 Å². The van der Waals surface area contributed by atoms with E-state index in [1.807, 2.05) is 97.9 Å². The molecule has 3 N–H and O–H groups in total. The second-order valence-corrected chi connectivity index (χ2v) is 16.6. The number of piperidine rings is 1. The zero-order chi connectivity index (χ0) is 38.9. The molecular weight excluding hydrogens is 723 g/mol. The number of ether oxygens (including phenoxy) is 2. The second-order valence-electron chi connectivity index (χ2n) is 14.9. The van der Waals surface area contributed by atoms with Crippen molar-refractivity contribution in [3.63, 3.8) is 0 Å². The van der Waals surface area contributed by atoms with Gasteiger partial charge in [0.2, 0.25) is 15.9 Å². The third kappa shape index (κ3) is 10.4. The second kappa shape index (κ2) is 18.5. The Morgan fingerprint density at radius 2 is 1.46 bits per heavy atom. The summed E-state index contributed by atoms with van der Waals surface area (Å²) >= 11 is 0. The Kier molecular flexibility index (Phi) is 13.1. The molecule has 292 valence electrons. The summed E-state index contributed by atoms with van der Waals surface area (Å²) in [4.78, 5) is 16.3. The molecule has 56 heavy (non-hydrogen) atoms. The number of likely N-dealkylation sites (tertiary alicyclic amines) is 1. The highest BCUT2D eigenvalue weighted by Crippen LogP contribution is 2.39. The van der Waals surface area contributed by atoms with E-state index in [0.717, 1.165) is 70.6 Å². The van der Waals surface area contributed by atoms with Crippen LogP contribution in [-0.4, -0.2) is 56.1 Å². The van der Waals surface area contributed by atoms with Crippen LogP contribution in [-0.2, 0) is 43.9 Å². The largest absolute Gasteiger partial charge is 0.392 e. The number of hydrogen-bond acceptors (Lipinski definition) is 7. The number of aliphatic hydroxyl groups excluding tert-OH is 1. The van der Waals surface area contributed by atoms with Crippen LogP contribution in [0.5, 0.6) is 0 Å². The molecule has 0 saturated carbocycles. The molecule has 2 aliphatic heterocycles. The molecule has 0 unspecified atom stereocenters. The van der Waals surface area contributed by atoms with Gasteiger partial charge in [-0.3, -0.25) is 4.79 Å². The standard InChI is InChI=1S/C46H51N3O6S/c1-33-16-22-42(23-17-33)56(52,53)48-43(27-34-10-4-2-5-11-34)45(51)47-30-36-12-8-13-38(26-36)39-14-9-15-40(28-39)46-54-41(31-49-24-6-3-7-25-49)29-44(55-46)37-20-18-35(32-50)19-21-37/h2,4-5,8-23,26,28,41,43-44,46,48,50H,3,6-7,24-25,27,29-32H2,1H3,(H,47,51)/t41-,43+,44+,46+/m0/s1. The lowest BCUT2D eigenvalue weighted by Gasteiger charge is -2.39. The number of aryl methyl sites for hydroxylation is 1. The van der Waals surface area contributed by atoms with Gasteiger partial charge in [0.1, 0.15) is 6.04 Å². The number of nitrogens with one attached hydrogen (secondary N) is 2. The van der Waals surface area contributed by atoms with Gasteiger partial charge in [0, 0.05) is 25.1 Å². The maximum absolute atomic E-state index is 13.7. The number of rotatable bonds is 14. The van der Waals surface area contributed by atoms with Crippen LogP contribution in [0.2, 0.25) is 0 Å². The Morgan fingerprint density at radius 3 is 2.20 bits per heavy atom. The normalized spacial score (nSPS) is 19.6. The van der Waals surface area contributed by atoms with Crippen LogP contribution in [0.4, 0.5) is 0 Å². The lowest BCUT2D eigenvalue weighted by atomic mass is 9.98. The van der Waals surface area contributed by atoms with Crippen molar-refractivity contribution in [1.29, 1.82) is 0 Å². The summed E-state index contributed by atoms with van der Waals surface area (Å²) < 4.78 is 42.7. The van der Waals surface area contributed by atoms with Gasteiger partial charge in [-0.05, 0) is 96.9 Å². The maximum Gasteiger partial charge on any atom is 0.241 e. The zero-order valence-corrected chi connectivity index (χ0v) is 32.7. The fourth-order valence-corrected chi connectivity index (χ4v) is 8.71. The SMILES string of the molecule is Cc1ccc(S(=O)(=O)N[C@H](Cc2ccccc2)C(=O)NCc2cccc(-c3cccc([C@@H]4O[C@H](CN5CCCCC5)C[C@H](c5ccc(CO)cc5)O4)c3)c2)cc1. The summed E-state index contributed by atoms with van der Waals surface area (Å²) in [5, 5.41) is 12.6. The molecule has 7 rings (SSSR count). The molecule has 0 radical (unpaired) electrons. The van der Waals surface area contributed by atoms with Gasteiger partial charge in [-0.15, -0.1) is 0 Å². The van der Waals surface area contributed by atoms with Gasteiger partial charge in [-0.2, -0.15) is 4.72 Å². The summed E-state index contributed by atoms with van der Waals surface area (Å²) in [7, 11) is -3.96. The third-order valence-corrected chi connectivity index (χ3v) is 12.1. The van der Waals surface area contributed by atoms with Crippen molar-refractivity contribution in [3.8, 4) is 11.1 Å². The number of benzene rings is 5. The Bertz CT molecular complexity index is 2160. The Labute approximate surface area is 330 Å². The number of carbonyl (C=O) groups excluding carboxylic acids is 1. The molecule has 2 heterocycles. The first-order chi connectivity index (χ1) is 27.2. The monoisotopic (exact) mass is 773 g/mol. The van der Waals surface area contributed by atoms with Gasteiger partial charge >= 0.3 is 0 Å². The third-order valence-electron chi connectivity index (χ3n) is 10.6. The Balaban J connectivity index is 1.06. The molecule has 9 nitrogen and oxygen atoms in total. The van der Waals surface area contributed by atoms with Crippen LogP contribution in [0.15, 0.2) is 132 Å². The highest BCUT2D eigenvalue weighted by Gasteiger charge is 2.33. The average molecular weight is 774 g/mol. The number of carbonyl (C=O) groups is 1. The minimum Gasteiger partial charge on any atom is -0.392 e. The fraction of sp³-hybridized carbons (Fsp3) is 0.326. The summed E-state index contributed by atoms with van der Waals surface area (Å²) in [6.07, 6.45) is 3.93. The number of sulfonamides is 1. The van der Waals surface area contributed by atoms with Crippen LogP contribution >= 0.6 is 0 Å². The number of amides is 1. The molecule has 5 aromatic rings. The molecule has 0 aliphatic carbocycles. The minimum absolute atomic E-state index is 0.000330. The Morgan fingerprint density at radius 1 is 0.768 bits per heavy atom. The predicted octanol–water partition coefficient (Wildman–Crippen LogP) is 7.39. The highest BCUT2D eigenvalue weighted by molar-refractivity contribution is 7.89. The van der Waals surface area contributed by atoms with E-state index < -0.39 is 28.3 Å². The smallest absolute Gasteiger partial charge is 0.241 e. The van der Waals surface area contributed by atoms with E-state index in [-0.39, 0.29) is 36.7 Å². The predicted molar refractivity (Wildman–Crippen MR) is 218 cm³/mol. The van der Waals surface area contributed by atoms with Crippen molar-refractivity contribution in [2.75, 3.05) is 19.6 Å². The van der Waals surface area contributed by atoms with Crippen molar-refractivity contribution in [2.24, 2.45) is 0 Å². The molecule has 0 spiro atoms. The number of aliphatic hydroxyl groups is 1. The average Bonchev–Trinajstić information content (AvgIpc) is 3.23. The number of hydrogen-bond donors (Lipinski definition) is 3. The molecular formula is C46H51N3O6S. The first-order valence-electron chi connectivity index (χ1n) is 19.6. The molecule has 0 aromatic heterocycles. The van der Waals surface area contributed by atoms with Gasteiger partial charge < -0.3 is 24.8 Å². The fourth-order valence-electron chi connectivity index (χ4n) is 7.51. The van der Waals surface area contributed by atoms with Crippen molar-refractivity contribution in [2.45, 2.75) is 81.6 Å². The van der Waals surface area contributed by atoms with Crippen molar-refractivity contribution < 1.29 is 27.8 Å². The van der Waals surface area contributed by atoms with Crippen molar-refractivity contribution >= 4 is 15.9 Å². The summed E-state index contributed by atoms with van der Waals surface area (Å²) in [5.41, 5.74) is 7.47. The quantitative estimate of drug-likeness (QED) is 0.108. The molecule has 2 saturated heterocycles. The van der Waals surface area contributed by atoms with Gasteiger partial charge in [-0.25, -0.2) is 8.42 Å². The summed E-state index contributed by atoms with van der Waals surface area (Å²) in [6, 6.07) is 39.1. The van der Waals surface area contributed by atoms with Gasteiger partial charge in [0.15, 0.2) is 6.29 Å². The van der Waals surface area contributed by atoms with Crippen LogP contribution in [0.25, 0.3) is 11.1 Å². The van der Waals surface area contributed by atoms with E-state index in [2.05, 4.69) is 27.1 Å². The van der Waals surface area contributed by atoms with Gasteiger partial charge in [0.05, 0.1) is 23.7 Å². The Hall–Kier alpha value is -4.68. The van der Waals surface area contributed by atoms with E-state index in [4.69, 9.17) is 9.47 Å². The molecule has 4 atom stereocenters. The topological polar surface area (TPSA) is 117 Å². The lowest BCUT2D eigenvalue weighted by molar-refractivity contribution is -0.253. The van der Waals surface area contributed by atoms with Crippen LogP contribution in [0, 0.1) is 6.92 Å². The first kappa shape index (κ1) is 39.6. The van der Waals surface area contributed by atoms with E-state index in [1.165, 1.54) is 19.3 Å². The highest BCUT2D eigenvalue weighted by atomic mass is 32.2. The van der Waals surface area contributed by atoms with E-state index in [9.17, 15) is 18.3 Å². The minimum atomic E-state index is -3.96. The van der Waals surface area contributed by atoms with Crippen LogP contribution in [0.1, 0.15) is 71.5 Å². The van der Waals surface area contributed by atoms with E-state index in [0.29, 0.717) is 0 Å². The van der Waals surface area contributed by atoms with E-state index in [1.54, 1.807) is 24.3 Å². The molecule has 5 aromatic carbocycles. The number of nitrogens with zero attached hydrogens (tertiary/aromatic N) is 1. The molecule has 10 heteroatoms. The molecule has 2 aliphatic rings. The van der Waals surface area contributed by atoms with Crippen molar-refractivity contribution in [1.82, 2.24) is 14.9 Å². The van der Waals surface area contributed by atoms with Crippen LogP contribution < -0.4 is 10.0 Å². The lowest BCUT2D eigenvalue weighted by Crippen LogP contribution is -2.47. The molecule has 2 fully saturated rings.